The average Bonchev–Trinajstić information content (AvgIpc) is 2.61. The molecule has 3 amide bonds. The predicted octanol–water partition coefficient (Wildman–Crippen LogP) is 3.45. The second kappa shape index (κ2) is 7.15. The Morgan fingerprint density at radius 1 is 1.04 bits per heavy atom. The lowest BCUT2D eigenvalue weighted by Crippen LogP contribution is -2.51. The lowest BCUT2D eigenvalue weighted by molar-refractivity contribution is -0.139. The first-order chi connectivity index (χ1) is 12.4. The van der Waals surface area contributed by atoms with Crippen molar-refractivity contribution in [3.05, 3.63) is 65.5 Å². The van der Waals surface area contributed by atoms with Gasteiger partial charge in [-0.1, -0.05) is 24.3 Å². The minimum Gasteiger partial charge on any atom is -0.319 e. The minimum atomic E-state index is -4.55. The first-order valence-electron chi connectivity index (χ1n) is 7.99. The maximum Gasteiger partial charge on any atom is 0.416 e. The molecule has 3 rings (SSSR count). The zero-order chi connectivity index (χ0) is 18.7. The number of halogens is 3. The van der Waals surface area contributed by atoms with Crippen molar-refractivity contribution in [2.75, 3.05) is 6.54 Å². The number of nitrogens with zero attached hydrogens (tertiary/aromatic N) is 3. The van der Waals surface area contributed by atoms with E-state index in [9.17, 15) is 22.8 Å². The summed E-state index contributed by atoms with van der Waals surface area (Å²) < 4.78 is 39.5. The summed E-state index contributed by atoms with van der Waals surface area (Å²) in [6, 6.07) is 7.89. The van der Waals surface area contributed by atoms with Gasteiger partial charge < -0.3 is 4.90 Å². The van der Waals surface area contributed by atoms with Crippen LogP contribution in [0.15, 0.2) is 48.8 Å². The molecule has 0 bridgehead atoms. The summed E-state index contributed by atoms with van der Waals surface area (Å²) in [6.45, 7) is 0.0677. The maximum atomic E-state index is 13.2. The van der Waals surface area contributed by atoms with Crippen LogP contribution in [0.25, 0.3) is 0 Å². The molecule has 1 saturated heterocycles. The summed E-state index contributed by atoms with van der Waals surface area (Å²) in [5, 5.41) is 0. The highest BCUT2D eigenvalue weighted by Gasteiger charge is 2.36. The maximum absolute atomic E-state index is 13.2. The number of hydrogen-bond donors (Lipinski definition) is 0. The molecule has 0 aliphatic carbocycles. The molecule has 5 nitrogen and oxygen atoms in total. The van der Waals surface area contributed by atoms with Crippen molar-refractivity contribution < 1.29 is 22.8 Å². The van der Waals surface area contributed by atoms with Crippen LogP contribution in [-0.4, -0.2) is 33.3 Å². The van der Waals surface area contributed by atoms with Crippen LogP contribution in [0, 0.1) is 0 Å². The Morgan fingerprint density at radius 3 is 2.50 bits per heavy atom. The SMILES string of the molecule is O=C1CCN(Cc2cccnc2)C(=O)N1Cc1ccccc1C(F)(F)F. The Morgan fingerprint density at radius 2 is 1.81 bits per heavy atom. The van der Waals surface area contributed by atoms with Crippen molar-refractivity contribution in [2.45, 2.75) is 25.7 Å². The van der Waals surface area contributed by atoms with Crippen molar-refractivity contribution in [3.8, 4) is 0 Å². The smallest absolute Gasteiger partial charge is 0.319 e. The lowest BCUT2D eigenvalue weighted by atomic mass is 10.1. The van der Waals surface area contributed by atoms with Crippen molar-refractivity contribution in [3.63, 3.8) is 0 Å². The largest absolute Gasteiger partial charge is 0.416 e. The van der Waals surface area contributed by atoms with Crippen LogP contribution in [0.1, 0.15) is 23.1 Å². The Kier molecular flexibility index (Phi) is 4.92. The number of hydrogen-bond acceptors (Lipinski definition) is 3. The molecule has 136 valence electrons. The van der Waals surface area contributed by atoms with Crippen molar-refractivity contribution >= 4 is 11.9 Å². The zero-order valence-corrected chi connectivity index (χ0v) is 13.7. The molecule has 0 radical (unpaired) electrons. The van der Waals surface area contributed by atoms with Gasteiger partial charge in [0.15, 0.2) is 0 Å². The van der Waals surface area contributed by atoms with Gasteiger partial charge in [-0.05, 0) is 23.3 Å². The summed E-state index contributed by atoms with van der Waals surface area (Å²) in [7, 11) is 0. The molecule has 1 aromatic heterocycles. The van der Waals surface area contributed by atoms with Crippen LogP contribution in [0.2, 0.25) is 0 Å². The Labute approximate surface area is 148 Å². The number of carbonyl (C=O) groups excluding carboxylic acids is 2. The van der Waals surface area contributed by atoms with Gasteiger partial charge in [0.05, 0.1) is 12.1 Å². The number of alkyl halides is 3. The summed E-state index contributed by atoms with van der Waals surface area (Å²) in [4.78, 5) is 31.1. The van der Waals surface area contributed by atoms with E-state index in [1.807, 2.05) is 0 Å². The van der Waals surface area contributed by atoms with Crippen molar-refractivity contribution in [1.29, 1.82) is 0 Å². The number of pyridine rings is 1. The van der Waals surface area contributed by atoms with Crippen LogP contribution in [-0.2, 0) is 24.1 Å². The van der Waals surface area contributed by atoms with Crippen LogP contribution >= 0.6 is 0 Å². The first-order valence-corrected chi connectivity index (χ1v) is 7.99. The average molecular weight is 363 g/mol. The molecule has 2 heterocycles. The molecule has 0 saturated carbocycles. The van der Waals surface area contributed by atoms with E-state index >= 15 is 0 Å². The second-order valence-electron chi connectivity index (χ2n) is 5.95. The van der Waals surface area contributed by atoms with E-state index < -0.39 is 30.2 Å². The van der Waals surface area contributed by atoms with Crippen LogP contribution in [0.3, 0.4) is 0 Å². The van der Waals surface area contributed by atoms with E-state index in [1.165, 1.54) is 23.1 Å². The molecule has 26 heavy (non-hydrogen) atoms. The number of rotatable bonds is 4. The molecule has 1 aliphatic heterocycles. The van der Waals surface area contributed by atoms with Crippen molar-refractivity contribution in [2.24, 2.45) is 0 Å². The molecule has 0 N–H and O–H groups in total. The Bertz CT molecular complexity index is 809. The third kappa shape index (κ3) is 3.84. The molecule has 0 unspecified atom stereocenters. The van der Waals surface area contributed by atoms with Gasteiger partial charge in [0, 0.05) is 31.9 Å². The fraction of sp³-hybridized carbons (Fsp3) is 0.278. The molecule has 2 aromatic rings. The number of amides is 3. The Balaban J connectivity index is 1.81. The van der Waals surface area contributed by atoms with E-state index in [4.69, 9.17) is 0 Å². The second-order valence-corrected chi connectivity index (χ2v) is 5.95. The van der Waals surface area contributed by atoms with Gasteiger partial charge in [-0.25, -0.2) is 4.79 Å². The third-order valence-corrected chi connectivity index (χ3v) is 4.15. The third-order valence-electron chi connectivity index (χ3n) is 4.15. The topological polar surface area (TPSA) is 53.5 Å². The molecule has 1 fully saturated rings. The molecule has 0 spiro atoms. The van der Waals surface area contributed by atoms with E-state index in [0.29, 0.717) is 0 Å². The number of urea groups is 1. The zero-order valence-electron chi connectivity index (χ0n) is 13.7. The van der Waals surface area contributed by atoms with Crippen molar-refractivity contribution in [1.82, 2.24) is 14.8 Å². The molecular formula is C18H16F3N3O2. The quantitative estimate of drug-likeness (QED) is 0.836. The van der Waals surface area contributed by atoms with E-state index in [2.05, 4.69) is 4.98 Å². The van der Waals surface area contributed by atoms with Gasteiger partial charge in [0.2, 0.25) is 5.91 Å². The monoisotopic (exact) mass is 363 g/mol. The van der Waals surface area contributed by atoms with Crippen LogP contribution in [0.5, 0.6) is 0 Å². The fourth-order valence-corrected chi connectivity index (χ4v) is 2.86. The molecule has 8 heteroatoms. The summed E-state index contributed by atoms with van der Waals surface area (Å²) in [5.41, 5.74) is -0.166. The molecule has 1 aromatic carbocycles. The van der Waals surface area contributed by atoms with Gasteiger partial charge in [-0.15, -0.1) is 0 Å². The highest BCUT2D eigenvalue weighted by molar-refractivity contribution is 5.96. The van der Waals surface area contributed by atoms with Gasteiger partial charge >= 0.3 is 12.2 Å². The number of aromatic nitrogens is 1. The van der Waals surface area contributed by atoms with Gasteiger partial charge in [0.1, 0.15) is 0 Å². The van der Waals surface area contributed by atoms with Gasteiger partial charge in [-0.3, -0.25) is 14.7 Å². The molecule has 1 aliphatic rings. The predicted molar refractivity (Wildman–Crippen MR) is 86.7 cm³/mol. The molecular weight excluding hydrogens is 347 g/mol. The lowest BCUT2D eigenvalue weighted by Gasteiger charge is -2.34. The van der Waals surface area contributed by atoms with E-state index in [-0.39, 0.29) is 25.1 Å². The summed E-state index contributed by atoms with van der Waals surface area (Å²) >= 11 is 0. The number of benzene rings is 1. The first kappa shape index (κ1) is 17.9. The minimum absolute atomic E-state index is 0.0696. The van der Waals surface area contributed by atoms with Gasteiger partial charge in [-0.2, -0.15) is 13.2 Å². The number of carbonyl (C=O) groups is 2. The summed E-state index contributed by atoms with van der Waals surface area (Å²) in [6.07, 6.45) is -1.27. The summed E-state index contributed by atoms with van der Waals surface area (Å²) in [5.74, 6) is -0.477. The molecule has 0 atom stereocenters. The highest BCUT2D eigenvalue weighted by Crippen LogP contribution is 2.32. The highest BCUT2D eigenvalue weighted by atomic mass is 19.4. The standard InChI is InChI=1S/C18H16F3N3O2/c19-18(20,21)15-6-2-1-5-14(15)12-24-16(25)7-9-23(17(24)26)11-13-4-3-8-22-10-13/h1-6,8,10H,7,9,11-12H2. The normalized spacial score (nSPS) is 15.5. The number of imide groups is 1. The Hall–Kier alpha value is -2.90. The fourth-order valence-electron chi connectivity index (χ4n) is 2.86. The van der Waals surface area contributed by atoms with Crippen LogP contribution in [0.4, 0.5) is 18.0 Å². The van der Waals surface area contributed by atoms with E-state index in [1.54, 1.807) is 24.5 Å². The van der Waals surface area contributed by atoms with Crippen LogP contribution < -0.4 is 0 Å². The van der Waals surface area contributed by atoms with E-state index in [0.717, 1.165) is 16.5 Å². The van der Waals surface area contributed by atoms with Gasteiger partial charge in [0.25, 0.3) is 0 Å².